The molecule has 0 radical (unpaired) electrons. The Morgan fingerprint density at radius 3 is 1.95 bits per heavy atom. The maximum atomic E-state index is 6.49. The highest BCUT2D eigenvalue weighted by atomic mass is 16.5. The third-order valence-corrected chi connectivity index (χ3v) is 4.34. The van der Waals surface area contributed by atoms with Crippen molar-refractivity contribution in [3.8, 4) is 12.0 Å². The van der Waals surface area contributed by atoms with Crippen LogP contribution in [0.2, 0.25) is 0 Å². The fourth-order valence-electron chi connectivity index (χ4n) is 2.67. The lowest BCUT2D eigenvalue weighted by atomic mass is 9.63. The highest BCUT2D eigenvalue weighted by Gasteiger charge is 2.47. The van der Waals surface area contributed by atoms with Gasteiger partial charge < -0.3 is 15.2 Å². The predicted molar refractivity (Wildman–Crippen MR) is 71.3 cm³/mol. The average Bonchev–Trinajstić information content (AvgIpc) is 2.41. The minimum atomic E-state index is -0.345. The Hall–Kier alpha value is -1.43. The summed E-state index contributed by atoms with van der Waals surface area (Å²) in [6.45, 7) is 4.18. The molecule has 106 valence electrons. The van der Waals surface area contributed by atoms with Crippen LogP contribution in [0.4, 0.5) is 0 Å². The smallest absolute Gasteiger partial charge is 0.322 e. The number of nitrogens with two attached hydrogens (primary N) is 1. The zero-order valence-corrected chi connectivity index (χ0v) is 12.1. The molecule has 0 aliphatic heterocycles. The van der Waals surface area contributed by atoms with Gasteiger partial charge in [0.1, 0.15) is 5.82 Å². The number of aromatic nitrogens is 3. The normalized spacial score (nSPS) is 31.0. The number of methoxy groups -OCH3 is 2. The van der Waals surface area contributed by atoms with E-state index in [0.717, 1.165) is 25.7 Å². The molecule has 1 fully saturated rings. The number of ether oxygens (including phenoxy) is 2. The molecule has 0 saturated heterocycles. The van der Waals surface area contributed by atoms with Crippen LogP contribution in [0.3, 0.4) is 0 Å². The van der Waals surface area contributed by atoms with E-state index in [1.165, 1.54) is 14.2 Å². The molecule has 1 aliphatic rings. The zero-order valence-electron chi connectivity index (χ0n) is 12.1. The van der Waals surface area contributed by atoms with Crippen LogP contribution >= 0.6 is 0 Å². The Bertz CT molecular complexity index is 442. The monoisotopic (exact) mass is 266 g/mol. The van der Waals surface area contributed by atoms with Crippen molar-refractivity contribution in [2.24, 2.45) is 5.73 Å². The van der Waals surface area contributed by atoms with Crippen molar-refractivity contribution in [2.75, 3.05) is 14.2 Å². The first kappa shape index (κ1) is 14.0. The number of hydrogen-bond donors (Lipinski definition) is 1. The molecule has 1 heterocycles. The topological polar surface area (TPSA) is 83.2 Å². The van der Waals surface area contributed by atoms with Gasteiger partial charge in [-0.1, -0.05) is 19.8 Å². The van der Waals surface area contributed by atoms with E-state index in [4.69, 9.17) is 15.2 Å². The Labute approximate surface area is 113 Å². The Balaban J connectivity index is 2.49. The molecule has 0 spiro atoms. The van der Waals surface area contributed by atoms with Gasteiger partial charge in [-0.2, -0.15) is 9.97 Å². The highest BCUT2D eigenvalue weighted by Crippen LogP contribution is 2.43. The zero-order chi connectivity index (χ0) is 14.1. The third kappa shape index (κ3) is 2.36. The van der Waals surface area contributed by atoms with Crippen LogP contribution in [-0.4, -0.2) is 34.7 Å². The molecular formula is C13H22N4O2. The highest BCUT2D eigenvalue weighted by molar-refractivity contribution is 5.21. The number of hydrogen-bond acceptors (Lipinski definition) is 6. The van der Waals surface area contributed by atoms with Gasteiger partial charge in [-0.05, 0) is 19.8 Å². The second-order valence-corrected chi connectivity index (χ2v) is 5.59. The molecule has 19 heavy (non-hydrogen) atoms. The van der Waals surface area contributed by atoms with Gasteiger partial charge in [-0.3, -0.25) is 0 Å². The van der Waals surface area contributed by atoms with Crippen molar-refractivity contribution in [3.05, 3.63) is 5.82 Å². The molecule has 2 rings (SSSR count). The van der Waals surface area contributed by atoms with E-state index in [9.17, 15) is 0 Å². The minimum absolute atomic E-state index is 0.268. The summed E-state index contributed by atoms with van der Waals surface area (Å²) in [7, 11) is 3.06. The first-order valence-corrected chi connectivity index (χ1v) is 6.56. The number of nitrogens with zero attached hydrogens (tertiary/aromatic N) is 3. The summed E-state index contributed by atoms with van der Waals surface area (Å²) in [5.74, 6) is 0.654. The van der Waals surface area contributed by atoms with Crippen molar-refractivity contribution < 1.29 is 9.47 Å². The standard InChI is InChI=1S/C13H22N4O2/c1-12(7-5-6-8-13(12,2)14)9-15-10(18-3)17-11(16-9)19-4/h5-8,14H2,1-4H3. The lowest BCUT2D eigenvalue weighted by molar-refractivity contribution is 0.163. The molecule has 6 nitrogen and oxygen atoms in total. The Kier molecular flexibility index (Phi) is 3.62. The second kappa shape index (κ2) is 4.92. The third-order valence-electron chi connectivity index (χ3n) is 4.34. The van der Waals surface area contributed by atoms with Crippen molar-refractivity contribution >= 4 is 0 Å². The summed E-state index contributed by atoms with van der Waals surface area (Å²) in [5, 5.41) is 0. The second-order valence-electron chi connectivity index (χ2n) is 5.59. The molecule has 1 aliphatic carbocycles. The molecule has 1 aromatic rings. The van der Waals surface area contributed by atoms with Gasteiger partial charge in [0.05, 0.1) is 14.2 Å². The van der Waals surface area contributed by atoms with Crippen LogP contribution in [0.25, 0.3) is 0 Å². The van der Waals surface area contributed by atoms with Gasteiger partial charge in [0.2, 0.25) is 0 Å². The summed E-state index contributed by atoms with van der Waals surface area (Å²) >= 11 is 0. The van der Waals surface area contributed by atoms with Crippen molar-refractivity contribution in [3.63, 3.8) is 0 Å². The van der Waals surface area contributed by atoms with Crippen LogP contribution in [0, 0.1) is 0 Å². The van der Waals surface area contributed by atoms with E-state index in [1.54, 1.807) is 0 Å². The van der Waals surface area contributed by atoms with Crippen LogP contribution in [-0.2, 0) is 5.41 Å². The first-order valence-electron chi connectivity index (χ1n) is 6.56. The van der Waals surface area contributed by atoms with Crippen molar-refractivity contribution in [1.82, 2.24) is 15.0 Å². The lowest BCUT2D eigenvalue weighted by Gasteiger charge is -2.46. The van der Waals surface area contributed by atoms with E-state index in [-0.39, 0.29) is 23.0 Å². The first-order chi connectivity index (χ1) is 8.93. The van der Waals surface area contributed by atoms with Gasteiger partial charge in [-0.25, -0.2) is 0 Å². The Morgan fingerprint density at radius 1 is 0.947 bits per heavy atom. The Morgan fingerprint density at radius 2 is 1.47 bits per heavy atom. The fourth-order valence-corrected chi connectivity index (χ4v) is 2.67. The summed E-state index contributed by atoms with van der Waals surface area (Å²) in [6, 6.07) is 0.536. The molecule has 0 amide bonds. The van der Waals surface area contributed by atoms with E-state index in [1.807, 2.05) is 0 Å². The quantitative estimate of drug-likeness (QED) is 0.891. The lowest BCUT2D eigenvalue weighted by Crippen LogP contribution is -2.57. The van der Waals surface area contributed by atoms with Gasteiger partial charge in [0, 0.05) is 11.0 Å². The van der Waals surface area contributed by atoms with Crippen molar-refractivity contribution in [1.29, 1.82) is 0 Å². The molecule has 0 bridgehead atoms. The van der Waals surface area contributed by atoms with Gasteiger partial charge in [-0.15, -0.1) is 4.98 Å². The molecule has 2 unspecified atom stereocenters. The van der Waals surface area contributed by atoms with Gasteiger partial charge >= 0.3 is 12.0 Å². The molecule has 2 atom stereocenters. The number of rotatable bonds is 3. The van der Waals surface area contributed by atoms with Gasteiger partial charge in [0.15, 0.2) is 0 Å². The van der Waals surface area contributed by atoms with Crippen LogP contribution < -0.4 is 15.2 Å². The van der Waals surface area contributed by atoms with Crippen LogP contribution in [0.1, 0.15) is 45.4 Å². The fraction of sp³-hybridized carbons (Fsp3) is 0.769. The summed E-state index contributed by atoms with van der Waals surface area (Å²) in [4.78, 5) is 12.8. The molecule has 1 aromatic heterocycles. The maximum absolute atomic E-state index is 6.49. The summed E-state index contributed by atoms with van der Waals surface area (Å²) < 4.78 is 10.2. The van der Waals surface area contributed by atoms with E-state index >= 15 is 0 Å². The van der Waals surface area contributed by atoms with E-state index in [0.29, 0.717) is 5.82 Å². The SMILES string of the molecule is COc1nc(OC)nc(C2(C)CCCCC2(C)N)n1. The molecular weight excluding hydrogens is 244 g/mol. The molecule has 0 aromatic carbocycles. The predicted octanol–water partition coefficient (Wildman–Crippen LogP) is 1.44. The summed E-state index contributed by atoms with van der Waals surface area (Å²) in [5.41, 5.74) is 5.85. The van der Waals surface area contributed by atoms with Gasteiger partial charge in [0.25, 0.3) is 0 Å². The minimum Gasteiger partial charge on any atom is -0.467 e. The maximum Gasteiger partial charge on any atom is 0.322 e. The summed E-state index contributed by atoms with van der Waals surface area (Å²) in [6.07, 6.45) is 4.18. The molecule has 1 saturated carbocycles. The molecule has 6 heteroatoms. The largest absolute Gasteiger partial charge is 0.467 e. The molecule has 2 N–H and O–H groups in total. The van der Waals surface area contributed by atoms with E-state index in [2.05, 4.69) is 28.8 Å². The average molecular weight is 266 g/mol. The van der Waals surface area contributed by atoms with E-state index < -0.39 is 0 Å². The van der Waals surface area contributed by atoms with Crippen molar-refractivity contribution in [2.45, 2.75) is 50.5 Å². The van der Waals surface area contributed by atoms with Crippen LogP contribution in [0.15, 0.2) is 0 Å². The van der Waals surface area contributed by atoms with Crippen LogP contribution in [0.5, 0.6) is 12.0 Å².